The largest absolute Gasteiger partial charge is 0.461 e. The van der Waals surface area contributed by atoms with E-state index in [4.69, 9.17) is 9.47 Å². The highest BCUT2D eigenvalue weighted by Crippen LogP contribution is 2.53. The zero-order valence-electron chi connectivity index (χ0n) is 13.3. The van der Waals surface area contributed by atoms with Crippen LogP contribution in [0.1, 0.15) is 59.3 Å². The minimum Gasteiger partial charge on any atom is -0.461 e. The van der Waals surface area contributed by atoms with Crippen LogP contribution in [0.5, 0.6) is 0 Å². The maximum atomic E-state index is 12.2. The van der Waals surface area contributed by atoms with Gasteiger partial charge >= 0.3 is 11.9 Å². The van der Waals surface area contributed by atoms with Gasteiger partial charge < -0.3 is 9.47 Å². The summed E-state index contributed by atoms with van der Waals surface area (Å²) in [7, 11) is 0. The number of carbonyl (C=O) groups excluding carboxylic acids is 2. The summed E-state index contributed by atoms with van der Waals surface area (Å²) >= 11 is 0. The van der Waals surface area contributed by atoms with Gasteiger partial charge in [0, 0.05) is 11.5 Å². The Labute approximate surface area is 126 Å². The molecule has 0 saturated heterocycles. The van der Waals surface area contributed by atoms with Gasteiger partial charge in [-0.15, -0.1) is 0 Å². The van der Waals surface area contributed by atoms with Crippen molar-refractivity contribution in [3.05, 3.63) is 12.7 Å². The van der Waals surface area contributed by atoms with Gasteiger partial charge in [-0.05, 0) is 59.3 Å². The summed E-state index contributed by atoms with van der Waals surface area (Å²) in [5.41, 5.74) is -0.685. The first-order valence-electron chi connectivity index (χ1n) is 7.84. The van der Waals surface area contributed by atoms with E-state index >= 15 is 0 Å². The molecular formula is C17H26O4. The topological polar surface area (TPSA) is 52.6 Å². The first-order valence-corrected chi connectivity index (χ1v) is 7.84. The molecular weight excluding hydrogens is 268 g/mol. The van der Waals surface area contributed by atoms with Gasteiger partial charge in [-0.1, -0.05) is 6.58 Å². The van der Waals surface area contributed by atoms with Crippen LogP contribution in [0.15, 0.2) is 12.7 Å². The van der Waals surface area contributed by atoms with Gasteiger partial charge in [-0.2, -0.15) is 0 Å². The lowest BCUT2D eigenvalue weighted by molar-refractivity contribution is -0.172. The molecule has 0 radical (unpaired) electrons. The number of esters is 2. The second kappa shape index (κ2) is 5.82. The normalized spacial score (nSPS) is 32.1. The summed E-state index contributed by atoms with van der Waals surface area (Å²) in [6.45, 7) is 9.04. The number of hydrogen-bond donors (Lipinski definition) is 0. The van der Waals surface area contributed by atoms with Crippen LogP contribution in [0.3, 0.4) is 0 Å². The highest BCUT2D eigenvalue weighted by atomic mass is 16.6. The number of carbonyl (C=O) groups is 2. The minimum atomic E-state index is -0.504. The Morgan fingerprint density at radius 2 is 1.62 bits per heavy atom. The average molecular weight is 294 g/mol. The molecule has 0 heterocycles. The molecule has 1 spiro atoms. The molecule has 2 rings (SSSR count). The summed E-state index contributed by atoms with van der Waals surface area (Å²) in [4.78, 5) is 23.7. The lowest BCUT2D eigenvalue weighted by Crippen LogP contribution is -2.43. The number of rotatable bonds is 3. The van der Waals surface area contributed by atoms with Crippen molar-refractivity contribution in [3.8, 4) is 0 Å². The van der Waals surface area contributed by atoms with Gasteiger partial charge in [-0.3, -0.25) is 4.79 Å². The lowest BCUT2D eigenvalue weighted by Gasteiger charge is -2.37. The van der Waals surface area contributed by atoms with Crippen LogP contribution in [0.4, 0.5) is 0 Å². The predicted molar refractivity (Wildman–Crippen MR) is 79.5 cm³/mol. The number of ether oxygens (including phenoxy) is 2. The van der Waals surface area contributed by atoms with Gasteiger partial charge in [0.05, 0.1) is 5.41 Å². The summed E-state index contributed by atoms with van der Waals surface area (Å²) in [6.07, 6.45) is 6.60. The molecule has 4 heteroatoms. The second-order valence-electron chi connectivity index (χ2n) is 7.29. The monoisotopic (exact) mass is 294 g/mol. The molecule has 0 aromatic rings. The lowest BCUT2D eigenvalue weighted by atomic mass is 9.80. The third-order valence-corrected chi connectivity index (χ3v) is 4.79. The van der Waals surface area contributed by atoms with Crippen molar-refractivity contribution in [3.63, 3.8) is 0 Å². The second-order valence-corrected chi connectivity index (χ2v) is 7.29. The van der Waals surface area contributed by atoms with Crippen LogP contribution >= 0.6 is 0 Å². The Hall–Kier alpha value is -1.32. The Morgan fingerprint density at radius 1 is 1.10 bits per heavy atom. The van der Waals surface area contributed by atoms with E-state index in [0.717, 1.165) is 38.5 Å². The number of hydrogen-bond acceptors (Lipinski definition) is 4. The molecule has 0 unspecified atom stereocenters. The summed E-state index contributed by atoms with van der Waals surface area (Å²) < 4.78 is 11.4. The van der Waals surface area contributed by atoms with Crippen molar-refractivity contribution in [2.75, 3.05) is 0 Å². The van der Waals surface area contributed by atoms with Crippen molar-refractivity contribution < 1.29 is 19.1 Å². The van der Waals surface area contributed by atoms with Crippen LogP contribution in [-0.4, -0.2) is 24.1 Å². The van der Waals surface area contributed by atoms with Crippen molar-refractivity contribution >= 4 is 11.9 Å². The van der Waals surface area contributed by atoms with Gasteiger partial charge in [0.25, 0.3) is 0 Å². The maximum absolute atomic E-state index is 12.2. The third kappa shape index (κ3) is 3.14. The van der Waals surface area contributed by atoms with Gasteiger partial charge in [0.15, 0.2) is 0 Å². The first-order chi connectivity index (χ1) is 9.79. The summed E-state index contributed by atoms with van der Waals surface area (Å²) in [5, 5.41) is 0. The van der Waals surface area contributed by atoms with Gasteiger partial charge in [-0.25, -0.2) is 4.79 Å². The molecule has 0 amide bonds. The fourth-order valence-corrected chi connectivity index (χ4v) is 3.63. The van der Waals surface area contributed by atoms with Crippen molar-refractivity contribution in [1.29, 1.82) is 0 Å². The molecule has 0 aromatic heterocycles. The quantitative estimate of drug-likeness (QED) is 0.591. The van der Waals surface area contributed by atoms with E-state index in [2.05, 4.69) is 6.58 Å². The highest BCUT2D eigenvalue weighted by molar-refractivity contribution is 5.81. The third-order valence-electron chi connectivity index (χ3n) is 4.79. The van der Waals surface area contributed by atoms with Gasteiger partial charge in [0.2, 0.25) is 0 Å². The molecule has 3 atom stereocenters. The predicted octanol–water partition coefficient (Wildman–Crippen LogP) is 3.40. The Bertz CT molecular complexity index is 431. The van der Waals surface area contributed by atoms with Crippen molar-refractivity contribution in [1.82, 2.24) is 0 Å². The molecule has 0 N–H and O–H groups in total. The fraction of sp³-hybridized carbons (Fsp3) is 0.765. The van der Waals surface area contributed by atoms with Crippen LogP contribution in [0.2, 0.25) is 0 Å². The van der Waals surface area contributed by atoms with E-state index < -0.39 is 5.41 Å². The van der Waals surface area contributed by atoms with Crippen molar-refractivity contribution in [2.24, 2.45) is 10.8 Å². The van der Waals surface area contributed by atoms with E-state index in [1.807, 2.05) is 20.8 Å². The molecule has 4 nitrogen and oxygen atoms in total. The van der Waals surface area contributed by atoms with E-state index in [1.165, 1.54) is 6.08 Å². The Morgan fingerprint density at radius 3 is 2.10 bits per heavy atom. The molecule has 0 aliphatic heterocycles. The Kier molecular flexibility index (Phi) is 4.45. The SMILES string of the molecule is C=CC(=O)O[C@H]1CCC[C@]12CCC[C@@H]2OC(=O)C(C)(C)C. The van der Waals surface area contributed by atoms with E-state index in [0.29, 0.717) is 0 Å². The van der Waals surface area contributed by atoms with Crippen LogP contribution in [0.25, 0.3) is 0 Å². The molecule has 0 aromatic carbocycles. The first kappa shape index (κ1) is 16.1. The fourth-order valence-electron chi connectivity index (χ4n) is 3.63. The molecule has 118 valence electrons. The zero-order valence-corrected chi connectivity index (χ0v) is 13.3. The molecule has 2 saturated carbocycles. The summed E-state index contributed by atoms with van der Waals surface area (Å²) in [5.74, 6) is -0.552. The molecule has 0 bridgehead atoms. The Balaban J connectivity index is 2.13. The molecule has 2 aliphatic carbocycles. The minimum absolute atomic E-state index is 0.130. The molecule has 2 aliphatic rings. The van der Waals surface area contributed by atoms with E-state index in [-0.39, 0.29) is 29.6 Å². The van der Waals surface area contributed by atoms with E-state index in [9.17, 15) is 9.59 Å². The molecule has 2 fully saturated rings. The van der Waals surface area contributed by atoms with Crippen molar-refractivity contribution in [2.45, 2.75) is 71.5 Å². The standard InChI is InChI=1S/C17H26O4/c1-5-14(18)20-12-8-6-10-17(12)11-7-9-13(17)21-15(19)16(2,3)4/h5,12-13H,1,6-11H2,2-4H3/t12-,13-,17-/m0/s1. The van der Waals surface area contributed by atoms with Crippen LogP contribution in [0, 0.1) is 10.8 Å². The summed E-state index contributed by atoms with van der Waals surface area (Å²) in [6, 6.07) is 0. The molecule has 21 heavy (non-hydrogen) atoms. The van der Waals surface area contributed by atoms with Crippen LogP contribution in [-0.2, 0) is 19.1 Å². The van der Waals surface area contributed by atoms with E-state index in [1.54, 1.807) is 0 Å². The average Bonchev–Trinajstić information content (AvgIpc) is 2.98. The van der Waals surface area contributed by atoms with Crippen LogP contribution < -0.4 is 0 Å². The van der Waals surface area contributed by atoms with Gasteiger partial charge in [0.1, 0.15) is 12.2 Å². The maximum Gasteiger partial charge on any atom is 0.330 e. The highest BCUT2D eigenvalue weighted by Gasteiger charge is 2.55. The smallest absolute Gasteiger partial charge is 0.330 e. The zero-order chi connectivity index (χ0) is 15.7.